The number of ether oxygens (including phenoxy) is 1. The number of carbonyl (C=O) groups excluding carboxylic acids is 2. The summed E-state index contributed by atoms with van der Waals surface area (Å²) in [5.41, 5.74) is 2.34. The van der Waals surface area contributed by atoms with Crippen LogP contribution in [-0.4, -0.2) is 65.7 Å². The minimum Gasteiger partial charge on any atom is -0.394 e. The second kappa shape index (κ2) is 14.8. The summed E-state index contributed by atoms with van der Waals surface area (Å²) >= 11 is 1.57. The van der Waals surface area contributed by atoms with Crippen molar-refractivity contribution in [2.24, 2.45) is 0 Å². The molecule has 0 spiro atoms. The van der Waals surface area contributed by atoms with Crippen molar-refractivity contribution in [3.63, 3.8) is 0 Å². The van der Waals surface area contributed by atoms with Crippen molar-refractivity contribution in [2.45, 2.75) is 25.6 Å². The Balaban J connectivity index is 1.86. The Hall–Kier alpha value is -3.22. The van der Waals surface area contributed by atoms with Crippen LogP contribution in [0, 0.1) is 23.7 Å². The molecular formula is C24H27N3O6S. The van der Waals surface area contributed by atoms with Gasteiger partial charge in [0.1, 0.15) is 6.04 Å². The molecule has 1 aromatic heterocycles. The zero-order chi connectivity index (χ0) is 24.8. The summed E-state index contributed by atoms with van der Waals surface area (Å²) in [5, 5.41) is 32.6. The average molecular weight is 486 g/mol. The fourth-order valence-electron chi connectivity index (χ4n) is 2.66. The van der Waals surface area contributed by atoms with Crippen LogP contribution in [0.5, 0.6) is 0 Å². The predicted molar refractivity (Wildman–Crippen MR) is 127 cm³/mol. The van der Waals surface area contributed by atoms with Crippen molar-refractivity contribution >= 4 is 23.2 Å². The van der Waals surface area contributed by atoms with E-state index >= 15 is 0 Å². The maximum Gasteiger partial charge on any atom is 0.268 e. The molecule has 2 aromatic rings. The van der Waals surface area contributed by atoms with Crippen LogP contribution in [-0.2, 0) is 16.1 Å². The number of aliphatic hydroxyl groups excluding tert-OH is 2. The lowest BCUT2D eigenvalue weighted by Crippen LogP contribution is -2.51. The van der Waals surface area contributed by atoms with Gasteiger partial charge >= 0.3 is 0 Å². The Morgan fingerprint density at radius 2 is 1.82 bits per heavy atom. The molecule has 0 radical (unpaired) electrons. The Kier molecular flexibility index (Phi) is 11.8. The summed E-state index contributed by atoms with van der Waals surface area (Å²) in [4.78, 5) is 25.8. The van der Waals surface area contributed by atoms with Gasteiger partial charge in [0.2, 0.25) is 0 Å². The van der Waals surface area contributed by atoms with Gasteiger partial charge < -0.3 is 25.6 Å². The SMILES string of the molecule is C[C@@H](O)[C@H](NC(=O)c1ccc(C#CC#Cc2ccc(CNCCOCCO)s2)cc1)C(=O)NO. The van der Waals surface area contributed by atoms with Gasteiger partial charge in [-0.2, -0.15) is 0 Å². The Bertz CT molecular complexity index is 1060. The van der Waals surface area contributed by atoms with Crippen LogP contribution in [0.25, 0.3) is 0 Å². The molecule has 0 saturated carbocycles. The van der Waals surface area contributed by atoms with Gasteiger partial charge in [0.25, 0.3) is 11.8 Å². The number of rotatable bonds is 11. The molecule has 2 rings (SSSR count). The van der Waals surface area contributed by atoms with Crippen LogP contribution in [0.1, 0.15) is 32.6 Å². The van der Waals surface area contributed by atoms with Gasteiger partial charge in [-0.05, 0) is 61.1 Å². The number of hydroxylamine groups is 1. The predicted octanol–water partition coefficient (Wildman–Crippen LogP) is 0.234. The molecule has 0 bridgehead atoms. The molecule has 9 nitrogen and oxygen atoms in total. The number of hydrogen-bond donors (Lipinski definition) is 6. The third-order valence-electron chi connectivity index (χ3n) is 4.38. The monoisotopic (exact) mass is 485 g/mol. The van der Waals surface area contributed by atoms with E-state index in [4.69, 9.17) is 15.1 Å². The quantitative estimate of drug-likeness (QED) is 0.116. The van der Waals surface area contributed by atoms with Gasteiger partial charge in [-0.25, -0.2) is 5.48 Å². The largest absolute Gasteiger partial charge is 0.394 e. The zero-order valence-electron chi connectivity index (χ0n) is 18.6. The molecule has 1 heterocycles. The van der Waals surface area contributed by atoms with Crippen LogP contribution < -0.4 is 16.1 Å². The van der Waals surface area contributed by atoms with Gasteiger partial charge in [0.05, 0.1) is 30.8 Å². The second-order valence-corrected chi connectivity index (χ2v) is 8.19. The van der Waals surface area contributed by atoms with Crippen LogP contribution in [0.3, 0.4) is 0 Å². The third-order valence-corrected chi connectivity index (χ3v) is 5.38. The Morgan fingerprint density at radius 3 is 2.50 bits per heavy atom. The van der Waals surface area contributed by atoms with E-state index in [0.29, 0.717) is 31.9 Å². The maximum absolute atomic E-state index is 12.3. The Morgan fingerprint density at radius 1 is 1.09 bits per heavy atom. The highest BCUT2D eigenvalue weighted by molar-refractivity contribution is 7.12. The van der Waals surface area contributed by atoms with Crippen molar-refractivity contribution in [2.75, 3.05) is 26.4 Å². The first-order chi connectivity index (χ1) is 16.4. The normalized spacial score (nSPS) is 11.9. The molecular weight excluding hydrogens is 458 g/mol. The molecule has 2 amide bonds. The first kappa shape index (κ1) is 27.0. The average Bonchev–Trinajstić information content (AvgIpc) is 3.29. The highest BCUT2D eigenvalue weighted by Gasteiger charge is 2.25. The number of carbonyl (C=O) groups is 2. The van der Waals surface area contributed by atoms with E-state index in [2.05, 4.69) is 34.3 Å². The third kappa shape index (κ3) is 9.33. The number of amides is 2. The zero-order valence-corrected chi connectivity index (χ0v) is 19.4. The molecule has 1 aromatic carbocycles. The summed E-state index contributed by atoms with van der Waals surface area (Å²) in [5.74, 6) is 10.00. The summed E-state index contributed by atoms with van der Waals surface area (Å²) < 4.78 is 5.18. The first-order valence-corrected chi connectivity index (χ1v) is 11.3. The van der Waals surface area contributed by atoms with Gasteiger partial charge in [-0.1, -0.05) is 5.92 Å². The number of benzene rings is 1. The standard InChI is InChI=1S/C24H27N3O6S/c1-17(29)22(24(31)27-32)26-23(30)19-8-6-18(7-9-19)4-2-3-5-20-10-11-21(34-20)16-25-12-14-33-15-13-28/h6-11,17,22,25,28-29,32H,12-16H2,1H3,(H,26,30)(H,27,31)/t17-,22+/m1/s1. The summed E-state index contributed by atoms with van der Waals surface area (Å²) in [7, 11) is 0. The molecule has 0 fully saturated rings. The maximum atomic E-state index is 12.3. The molecule has 180 valence electrons. The van der Waals surface area contributed by atoms with Crippen molar-refractivity contribution in [3.05, 3.63) is 57.3 Å². The lowest BCUT2D eigenvalue weighted by Gasteiger charge is -2.19. The lowest BCUT2D eigenvalue weighted by molar-refractivity contribution is -0.133. The Labute approximate surface area is 202 Å². The van der Waals surface area contributed by atoms with E-state index < -0.39 is 24.0 Å². The molecule has 0 aliphatic carbocycles. The lowest BCUT2D eigenvalue weighted by atomic mass is 10.1. The van der Waals surface area contributed by atoms with Crippen molar-refractivity contribution in [1.82, 2.24) is 16.1 Å². The van der Waals surface area contributed by atoms with Crippen LogP contribution >= 0.6 is 11.3 Å². The molecule has 34 heavy (non-hydrogen) atoms. The molecule has 0 unspecified atom stereocenters. The van der Waals surface area contributed by atoms with Gasteiger partial charge in [-0.15, -0.1) is 11.3 Å². The molecule has 0 aliphatic heterocycles. The van der Waals surface area contributed by atoms with Gasteiger partial charge in [-0.3, -0.25) is 14.8 Å². The number of hydrogen-bond acceptors (Lipinski definition) is 8. The van der Waals surface area contributed by atoms with E-state index in [1.54, 1.807) is 23.5 Å². The summed E-state index contributed by atoms with van der Waals surface area (Å²) in [6, 6.07) is 9.01. The fraction of sp³-hybridized carbons (Fsp3) is 0.333. The van der Waals surface area contributed by atoms with E-state index in [1.165, 1.54) is 24.5 Å². The molecule has 6 N–H and O–H groups in total. The van der Waals surface area contributed by atoms with Gasteiger partial charge in [0.15, 0.2) is 0 Å². The van der Waals surface area contributed by atoms with E-state index in [0.717, 1.165) is 9.75 Å². The topological polar surface area (TPSA) is 140 Å². The van der Waals surface area contributed by atoms with Crippen molar-refractivity contribution in [3.8, 4) is 23.7 Å². The van der Waals surface area contributed by atoms with Crippen molar-refractivity contribution in [1.29, 1.82) is 0 Å². The molecule has 10 heteroatoms. The highest BCUT2D eigenvalue weighted by Crippen LogP contribution is 2.14. The first-order valence-electron chi connectivity index (χ1n) is 10.5. The fourth-order valence-corrected chi connectivity index (χ4v) is 3.49. The number of nitrogens with one attached hydrogen (secondary N) is 3. The van der Waals surface area contributed by atoms with E-state index in [1.807, 2.05) is 12.1 Å². The second-order valence-electron chi connectivity index (χ2n) is 7.02. The summed E-state index contributed by atoms with van der Waals surface area (Å²) in [6.07, 6.45) is -1.19. The highest BCUT2D eigenvalue weighted by atomic mass is 32.1. The minimum atomic E-state index is -1.29. The smallest absolute Gasteiger partial charge is 0.268 e. The van der Waals surface area contributed by atoms with Crippen molar-refractivity contribution < 1.29 is 29.7 Å². The minimum absolute atomic E-state index is 0.0247. The van der Waals surface area contributed by atoms with Crippen LogP contribution in [0.2, 0.25) is 0 Å². The molecule has 0 aliphatic rings. The molecule has 2 atom stereocenters. The van der Waals surface area contributed by atoms with E-state index in [9.17, 15) is 14.7 Å². The molecule has 0 saturated heterocycles. The summed E-state index contributed by atoms with van der Waals surface area (Å²) in [6.45, 7) is 3.65. The number of aliphatic hydroxyl groups is 2. The number of thiophene rings is 1. The van der Waals surface area contributed by atoms with Gasteiger partial charge in [0, 0.05) is 29.1 Å². The van der Waals surface area contributed by atoms with Crippen LogP contribution in [0.15, 0.2) is 36.4 Å². The van der Waals surface area contributed by atoms with Crippen LogP contribution in [0.4, 0.5) is 0 Å². The van der Waals surface area contributed by atoms with E-state index in [-0.39, 0.29) is 12.2 Å².